The number of benzene rings is 2. The second kappa shape index (κ2) is 7.91. The molecule has 0 heterocycles. The van der Waals surface area contributed by atoms with Crippen molar-refractivity contribution in [3.63, 3.8) is 0 Å². The summed E-state index contributed by atoms with van der Waals surface area (Å²) in [5, 5.41) is 0.666. The van der Waals surface area contributed by atoms with E-state index in [9.17, 15) is 0 Å². The molecule has 0 amide bonds. The third-order valence-corrected chi connectivity index (χ3v) is 3.46. The van der Waals surface area contributed by atoms with Crippen LogP contribution in [0, 0.1) is 0 Å². The molecule has 0 aromatic heterocycles. The molecular formula is C17H20ClNO2. The first kappa shape index (κ1) is 15.7. The minimum Gasteiger partial charge on any atom is -0.497 e. The second-order valence-corrected chi connectivity index (χ2v) is 5.35. The van der Waals surface area contributed by atoms with Gasteiger partial charge in [-0.3, -0.25) is 0 Å². The number of hydrogen-bond donors (Lipinski definition) is 1. The highest BCUT2D eigenvalue weighted by atomic mass is 35.5. The highest BCUT2D eigenvalue weighted by molar-refractivity contribution is 6.30. The van der Waals surface area contributed by atoms with Crippen LogP contribution in [0.1, 0.15) is 12.0 Å². The second-order valence-electron chi connectivity index (χ2n) is 4.92. The van der Waals surface area contributed by atoms with Gasteiger partial charge >= 0.3 is 0 Å². The molecule has 0 aliphatic rings. The van der Waals surface area contributed by atoms with Gasteiger partial charge in [0.05, 0.1) is 7.11 Å². The van der Waals surface area contributed by atoms with E-state index in [0.717, 1.165) is 24.3 Å². The van der Waals surface area contributed by atoms with Crippen molar-refractivity contribution in [3.05, 3.63) is 59.1 Å². The minimum atomic E-state index is -0.00826. The Morgan fingerprint density at radius 3 is 2.52 bits per heavy atom. The number of rotatable bonds is 7. The normalized spacial score (nSPS) is 12.0. The molecular weight excluding hydrogens is 286 g/mol. The van der Waals surface area contributed by atoms with E-state index in [-0.39, 0.29) is 6.04 Å². The Hall–Kier alpha value is -1.71. The third kappa shape index (κ3) is 5.29. The van der Waals surface area contributed by atoms with Gasteiger partial charge in [-0.15, -0.1) is 0 Å². The molecule has 112 valence electrons. The molecule has 21 heavy (non-hydrogen) atoms. The molecule has 0 saturated carbocycles. The molecule has 2 aromatic carbocycles. The van der Waals surface area contributed by atoms with E-state index in [1.807, 2.05) is 30.3 Å². The fraction of sp³-hybridized carbons (Fsp3) is 0.294. The molecule has 0 fully saturated rings. The summed E-state index contributed by atoms with van der Waals surface area (Å²) in [6, 6.07) is 15.4. The van der Waals surface area contributed by atoms with Crippen LogP contribution in [0.4, 0.5) is 0 Å². The topological polar surface area (TPSA) is 44.5 Å². The SMILES string of the molecule is COc1ccc(CCC(N)COc2cccc(Cl)c2)cc1. The van der Waals surface area contributed by atoms with Crippen molar-refractivity contribution in [2.24, 2.45) is 5.73 Å². The predicted molar refractivity (Wildman–Crippen MR) is 86.2 cm³/mol. The Labute approximate surface area is 130 Å². The highest BCUT2D eigenvalue weighted by Gasteiger charge is 2.05. The molecule has 0 radical (unpaired) electrons. The maximum Gasteiger partial charge on any atom is 0.120 e. The van der Waals surface area contributed by atoms with Crippen LogP contribution in [0.5, 0.6) is 11.5 Å². The van der Waals surface area contributed by atoms with Crippen molar-refractivity contribution < 1.29 is 9.47 Å². The summed E-state index contributed by atoms with van der Waals surface area (Å²) in [6.45, 7) is 0.483. The van der Waals surface area contributed by atoms with E-state index in [2.05, 4.69) is 12.1 Å². The molecule has 0 aliphatic heterocycles. The summed E-state index contributed by atoms with van der Waals surface area (Å²) in [7, 11) is 1.66. The third-order valence-electron chi connectivity index (χ3n) is 3.22. The van der Waals surface area contributed by atoms with Gasteiger partial charge < -0.3 is 15.2 Å². The number of nitrogens with two attached hydrogens (primary N) is 1. The first-order chi connectivity index (χ1) is 10.2. The number of aryl methyl sites for hydroxylation is 1. The van der Waals surface area contributed by atoms with Gasteiger partial charge in [-0.25, -0.2) is 0 Å². The van der Waals surface area contributed by atoms with Gasteiger partial charge in [0.1, 0.15) is 18.1 Å². The van der Waals surface area contributed by atoms with E-state index < -0.39 is 0 Å². The Morgan fingerprint density at radius 1 is 1.10 bits per heavy atom. The first-order valence-corrected chi connectivity index (χ1v) is 7.32. The zero-order valence-corrected chi connectivity index (χ0v) is 12.8. The number of ether oxygens (including phenoxy) is 2. The zero-order valence-electron chi connectivity index (χ0n) is 12.1. The van der Waals surface area contributed by atoms with Crippen LogP contribution in [-0.4, -0.2) is 19.8 Å². The Morgan fingerprint density at radius 2 is 1.86 bits per heavy atom. The van der Waals surface area contributed by atoms with Crippen LogP contribution < -0.4 is 15.2 Å². The van der Waals surface area contributed by atoms with Gasteiger partial charge in [0.25, 0.3) is 0 Å². The maximum atomic E-state index is 6.08. The Balaban J connectivity index is 1.75. The van der Waals surface area contributed by atoms with E-state index in [4.69, 9.17) is 26.8 Å². The molecule has 1 unspecified atom stereocenters. The lowest BCUT2D eigenvalue weighted by atomic mass is 10.1. The van der Waals surface area contributed by atoms with Crippen molar-refractivity contribution in [3.8, 4) is 11.5 Å². The van der Waals surface area contributed by atoms with Crippen LogP contribution in [0.15, 0.2) is 48.5 Å². The van der Waals surface area contributed by atoms with Crippen LogP contribution >= 0.6 is 11.6 Å². The average Bonchev–Trinajstić information content (AvgIpc) is 2.51. The summed E-state index contributed by atoms with van der Waals surface area (Å²) < 4.78 is 10.8. The Bertz CT molecular complexity index is 557. The van der Waals surface area contributed by atoms with Gasteiger partial charge in [0.2, 0.25) is 0 Å². The number of hydrogen-bond acceptors (Lipinski definition) is 3. The lowest BCUT2D eigenvalue weighted by Gasteiger charge is -2.13. The van der Waals surface area contributed by atoms with Crippen molar-refractivity contribution in [1.29, 1.82) is 0 Å². The average molecular weight is 306 g/mol. The van der Waals surface area contributed by atoms with Crippen molar-refractivity contribution >= 4 is 11.6 Å². The van der Waals surface area contributed by atoms with E-state index >= 15 is 0 Å². The smallest absolute Gasteiger partial charge is 0.120 e. The molecule has 4 heteroatoms. The van der Waals surface area contributed by atoms with Crippen LogP contribution in [0.25, 0.3) is 0 Å². The molecule has 2 aromatic rings. The lowest BCUT2D eigenvalue weighted by Crippen LogP contribution is -2.28. The minimum absolute atomic E-state index is 0.00826. The van der Waals surface area contributed by atoms with Crippen LogP contribution in [-0.2, 0) is 6.42 Å². The fourth-order valence-electron chi connectivity index (χ4n) is 1.99. The maximum absolute atomic E-state index is 6.08. The van der Waals surface area contributed by atoms with Crippen molar-refractivity contribution in [1.82, 2.24) is 0 Å². The van der Waals surface area contributed by atoms with E-state index in [1.165, 1.54) is 5.56 Å². The quantitative estimate of drug-likeness (QED) is 0.848. The number of methoxy groups -OCH3 is 1. The molecule has 0 spiro atoms. The van der Waals surface area contributed by atoms with Crippen LogP contribution in [0.3, 0.4) is 0 Å². The molecule has 3 nitrogen and oxygen atoms in total. The van der Waals surface area contributed by atoms with Gasteiger partial charge in [0, 0.05) is 11.1 Å². The standard InChI is InChI=1S/C17H20ClNO2/c1-20-16-9-6-13(7-10-16)5-8-15(19)12-21-17-4-2-3-14(18)11-17/h2-4,6-7,9-11,15H,5,8,12,19H2,1H3. The lowest BCUT2D eigenvalue weighted by molar-refractivity contribution is 0.282. The van der Waals surface area contributed by atoms with E-state index in [0.29, 0.717) is 11.6 Å². The summed E-state index contributed by atoms with van der Waals surface area (Å²) in [6.07, 6.45) is 1.79. The molecule has 0 aliphatic carbocycles. The number of halogens is 1. The van der Waals surface area contributed by atoms with Crippen molar-refractivity contribution in [2.75, 3.05) is 13.7 Å². The van der Waals surface area contributed by atoms with Gasteiger partial charge in [-0.1, -0.05) is 29.8 Å². The molecule has 0 saturated heterocycles. The van der Waals surface area contributed by atoms with Gasteiger partial charge in [0.15, 0.2) is 0 Å². The van der Waals surface area contributed by atoms with Gasteiger partial charge in [-0.05, 0) is 48.7 Å². The molecule has 2 rings (SSSR count). The van der Waals surface area contributed by atoms with E-state index in [1.54, 1.807) is 13.2 Å². The highest BCUT2D eigenvalue weighted by Crippen LogP contribution is 2.17. The largest absolute Gasteiger partial charge is 0.497 e. The molecule has 2 N–H and O–H groups in total. The van der Waals surface area contributed by atoms with Crippen molar-refractivity contribution in [2.45, 2.75) is 18.9 Å². The van der Waals surface area contributed by atoms with Gasteiger partial charge in [-0.2, -0.15) is 0 Å². The molecule has 0 bridgehead atoms. The zero-order chi connectivity index (χ0) is 15.1. The monoisotopic (exact) mass is 305 g/mol. The summed E-state index contributed by atoms with van der Waals surface area (Å²) in [5.74, 6) is 1.62. The fourth-order valence-corrected chi connectivity index (χ4v) is 2.17. The summed E-state index contributed by atoms with van der Waals surface area (Å²) >= 11 is 5.90. The Kier molecular flexibility index (Phi) is 5.90. The van der Waals surface area contributed by atoms with Crippen LogP contribution in [0.2, 0.25) is 5.02 Å². The summed E-state index contributed by atoms with van der Waals surface area (Å²) in [5.41, 5.74) is 7.33. The first-order valence-electron chi connectivity index (χ1n) is 6.94. The summed E-state index contributed by atoms with van der Waals surface area (Å²) in [4.78, 5) is 0. The molecule has 1 atom stereocenters. The predicted octanol–water partition coefficient (Wildman–Crippen LogP) is 3.69.